The Labute approximate surface area is 135 Å². The summed E-state index contributed by atoms with van der Waals surface area (Å²) in [5.74, 6) is -3.47. The summed E-state index contributed by atoms with van der Waals surface area (Å²) in [7, 11) is 2.08. The molecule has 2 rings (SSSR count). The Hall–Kier alpha value is -2.41. The molecule has 0 bridgehead atoms. The summed E-state index contributed by atoms with van der Waals surface area (Å²) in [4.78, 5) is 36.7. The third kappa shape index (κ3) is 4.53. The SMILES string of the molecule is CN1CCc2ccc(NC(=O)[C@H](CC(N)=O)C(N)=O)cc2CC1. The van der Waals surface area contributed by atoms with E-state index in [1.165, 1.54) is 11.1 Å². The third-order valence-corrected chi connectivity index (χ3v) is 4.06. The van der Waals surface area contributed by atoms with Gasteiger partial charge in [0.15, 0.2) is 0 Å². The monoisotopic (exact) mass is 318 g/mol. The second-order valence-corrected chi connectivity index (χ2v) is 5.90. The van der Waals surface area contributed by atoms with Crippen LogP contribution in [0.2, 0.25) is 0 Å². The predicted octanol–water partition coefficient (Wildman–Crippen LogP) is -0.368. The molecule has 0 radical (unpaired) electrons. The summed E-state index contributed by atoms with van der Waals surface area (Å²) in [6, 6.07) is 5.69. The largest absolute Gasteiger partial charge is 0.370 e. The van der Waals surface area contributed by atoms with Crippen molar-refractivity contribution in [3.8, 4) is 0 Å². The highest BCUT2D eigenvalue weighted by atomic mass is 16.2. The van der Waals surface area contributed by atoms with Crippen molar-refractivity contribution in [1.29, 1.82) is 0 Å². The zero-order valence-electron chi connectivity index (χ0n) is 13.2. The molecule has 124 valence electrons. The number of primary amides is 2. The zero-order chi connectivity index (χ0) is 17.0. The van der Waals surface area contributed by atoms with Crippen LogP contribution in [0.3, 0.4) is 0 Å². The van der Waals surface area contributed by atoms with Gasteiger partial charge in [0.25, 0.3) is 0 Å². The molecule has 3 amide bonds. The van der Waals surface area contributed by atoms with E-state index >= 15 is 0 Å². The van der Waals surface area contributed by atoms with Crippen molar-refractivity contribution in [2.24, 2.45) is 17.4 Å². The van der Waals surface area contributed by atoms with E-state index in [0.717, 1.165) is 25.9 Å². The van der Waals surface area contributed by atoms with Crippen molar-refractivity contribution in [1.82, 2.24) is 4.90 Å². The van der Waals surface area contributed by atoms with E-state index in [1.807, 2.05) is 12.1 Å². The Morgan fingerprint density at radius 3 is 2.43 bits per heavy atom. The minimum Gasteiger partial charge on any atom is -0.370 e. The molecule has 1 aromatic rings. The van der Waals surface area contributed by atoms with Crippen molar-refractivity contribution < 1.29 is 14.4 Å². The fraction of sp³-hybridized carbons (Fsp3) is 0.438. The second-order valence-electron chi connectivity index (χ2n) is 5.90. The molecule has 1 heterocycles. The number of hydrogen-bond acceptors (Lipinski definition) is 4. The molecule has 0 unspecified atom stereocenters. The Morgan fingerprint density at radius 2 is 1.83 bits per heavy atom. The van der Waals surface area contributed by atoms with E-state index in [4.69, 9.17) is 11.5 Å². The van der Waals surface area contributed by atoms with Gasteiger partial charge in [-0.2, -0.15) is 0 Å². The minimum absolute atomic E-state index is 0.392. The van der Waals surface area contributed by atoms with Crippen LogP contribution in [0, 0.1) is 5.92 Å². The molecule has 1 aliphatic heterocycles. The summed E-state index contributed by atoms with van der Waals surface area (Å²) in [5, 5.41) is 2.65. The molecule has 0 aliphatic carbocycles. The number of nitrogens with two attached hydrogens (primary N) is 2. The van der Waals surface area contributed by atoms with E-state index < -0.39 is 30.1 Å². The Morgan fingerprint density at radius 1 is 1.17 bits per heavy atom. The van der Waals surface area contributed by atoms with Gasteiger partial charge in [0.2, 0.25) is 17.7 Å². The van der Waals surface area contributed by atoms with Gasteiger partial charge in [-0.1, -0.05) is 6.07 Å². The van der Waals surface area contributed by atoms with Crippen LogP contribution in [0.5, 0.6) is 0 Å². The van der Waals surface area contributed by atoms with Crippen molar-refractivity contribution in [2.75, 3.05) is 25.5 Å². The number of likely N-dealkylation sites (N-methyl/N-ethyl adjacent to an activating group) is 1. The first-order chi connectivity index (χ1) is 10.9. The fourth-order valence-electron chi connectivity index (χ4n) is 2.67. The van der Waals surface area contributed by atoms with E-state index in [-0.39, 0.29) is 0 Å². The van der Waals surface area contributed by atoms with Gasteiger partial charge < -0.3 is 21.7 Å². The van der Waals surface area contributed by atoms with Crippen molar-refractivity contribution >= 4 is 23.4 Å². The summed E-state index contributed by atoms with van der Waals surface area (Å²) in [5.41, 5.74) is 13.3. The van der Waals surface area contributed by atoms with Crippen LogP contribution in [-0.4, -0.2) is 42.8 Å². The van der Waals surface area contributed by atoms with Crippen LogP contribution in [0.15, 0.2) is 18.2 Å². The summed E-state index contributed by atoms with van der Waals surface area (Å²) >= 11 is 0. The van der Waals surface area contributed by atoms with Crippen LogP contribution in [0.25, 0.3) is 0 Å². The Balaban J connectivity index is 2.12. The van der Waals surface area contributed by atoms with Crippen molar-refractivity contribution in [3.63, 3.8) is 0 Å². The molecule has 0 spiro atoms. The number of carbonyl (C=O) groups excluding carboxylic acids is 3. The highest BCUT2D eigenvalue weighted by molar-refractivity contribution is 6.08. The molecule has 1 aromatic carbocycles. The summed E-state index contributed by atoms with van der Waals surface area (Å²) in [6.07, 6.45) is 1.47. The predicted molar refractivity (Wildman–Crippen MR) is 86.5 cm³/mol. The standard InChI is InChI=1S/C16H22N4O3/c1-20-6-4-10-2-3-12(8-11(10)5-7-20)19-16(23)13(15(18)22)9-14(17)21/h2-3,8,13H,4-7,9H2,1H3,(H2,17,21)(H2,18,22)(H,19,23)/t13-/m1/s1. The van der Waals surface area contributed by atoms with E-state index in [2.05, 4.69) is 17.3 Å². The minimum atomic E-state index is -1.25. The smallest absolute Gasteiger partial charge is 0.237 e. The quantitative estimate of drug-likeness (QED) is 0.642. The average Bonchev–Trinajstić information content (AvgIpc) is 2.66. The lowest BCUT2D eigenvalue weighted by Crippen LogP contribution is -2.37. The first-order valence-corrected chi connectivity index (χ1v) is 7.55. The molecule has 0 saturated heterocycles. The third-order valence-electron chi connectivity index (χ3n) is 4.06. The summed E-state index contributed by atoms with van der Waals surface area (Å²) < 4.78 is 0. The van der Waals surface area contributed by atoms with Crippen LogP contribution >= 0.6 is 0 Å². The summed E-state index contributed by atoms with van der Waals surface area (Å²) in [6.45, 7) is 1.96. The van der Waals surface area contributed by atoms with E-state index in [0.29, 0.717) is 5.69 Å². The molecule has 5 N–H and O–H groups in total. The number of nitrogens with zero attached hydrogens (tertiary/aromatic N) is 1. The molecular weight excluding hydrogens is 296 g/mol. The van der Waals surface area contributed by atoms with Crippen molar-refractivity contribution in [3.05, 3.63) is 29.3 Å². The van der Waals surface area contributed by atoms with Crippen molar-refractivity contribution in [2.45, 2.75) is 19.3 Å². The van der Waals surface area contributed by atoms with Crippen LogP contribution in [0.1, 0.15) is 17.5 Å². The molecule has 0 aromatic heterocycles. The van der Waals surface area contributed by atoms with Crippen LogP contribution in [0.4, 0.5) is 5.69 Å². The fourth-order valence-corrected chi connectivity index (χ4v) is 2.67. The highest BCUT2D eigenvalue weighted by Gasteiger charge is 2.26. The number of nitrogens with one attached hydrogen (secondary N) is 1. The Bertz CT molecular complexity index is 630. The molecule has 0 saturated carbocycles. The number of amides is 3. The maximum Gasteiger partial charge on any atom is 0.237 e. The van der Waals surface area contributed by atoms with E-state index in [9.17, 15) is 14.4 Å². The number of hydrogen-bond donors (Lipinski definition) is 3. The maximum atomic E-state index is 12.1. The number of fused-ring (bicyclic) bond motifs is 1. The molecule has 1 aliphatic rings. The number of rotatable bonds is 5. The van der Waals surface area contributed by atoms with Gasteiger partial charge in [0, 0.05) is 25.2 Å². The molecule has 7 heteroatoms. The average molecular weight is 318 g/mol. The van der Waals surface area contributed by atoms with Gasteiger partial charge >= 0.3 is 0 Å². The lowest BCUT2D eigenvalue weighted by atomic mass is 10.0. The highest BCUT2D eigenvalue weighted by Crippen LogP contribution is 2.21. The maximum absolute atomic E-state index is 12.1. The van der Waals surface area contributed by atoms with Gasteiger partial charge in [-0.25, -0.2) is 0 Å². The zero-order valence-corrected chi connectivity index (χ0v) is 13.2. The van der Waals surface area contributed by atoms with Gasteiger partial charge in [-0.05, 0) is 43.1 Å². The molecule has 23 heavy (non-hydrogen) atoms. The number of carbonyl (C=O) groups is 3. The van der Waals surface area contributed by atoms with Crippen LogP contribution < -0.4 is 16.8 Å². The lowest BCUT2D eigenvalue weighted by molar-refractivity contribution is -0.134. The molecule has 7 nitrogen and oxygen atoms in total. The van der Waals surface area contributed by atoms with Gasteiger partial charge in [0.1, 0.15) is 5.92 Å². The molecule has 0 fully saturated rings. The first-order valence-electron chi connectivity index (χ1n) is 7.55. The Kier molecular flexibility index (Phi) is 5.33. The first kappa shape index (κ1) is 17.0. The normalized spacial score (nSPS) is 16.0. The van der Waals surface area contributed by atoms with Gasteiger partial charge in [0.05, 0.1) is 0 Å². The van der Waals surface area contributed by atoms with Gasteiger partial charge in [-0.3, -0.25) is 14.4 Å². The molecular formula is C16H22N4O3. The van der Waals surface area contributed by atoms with Gasteiger partial charge in [-0.15, -0.1) is 0 Å². The second kappa shape index (κ2) is 7.23. The number of benzene rings is 1. The van der Waals surface area contributed by atoms with Crippen LogP contribution in [-0.2, 0) is 27.2 Å². The number of anilines is 1. The molecule has 1 atom stereocenters. The van der Waals surface area contributed by atoms with E-state index in [1.54, 1.807) is 6.07 Å². The lowest BCUT2D eigenvalue weighted by Gasteiger charge is -2.14. The topological polar surface area (TPSA) is 119 Å².